The van der Waals surface area contributed by atoms with E-state index in [1.807, 2.05) is 42.0 Å². The van der Waals surface area contributed by atoms with Crippen molar-refractivity contribution >= 4 is 11.8 Å². The SMILES string of the molecule is Cc1ccc(-n2ccnc2SCc2ccc(C(F)(F)F)cc2)cc1. The molecule has 0 radical (unpaired) electrons. The molecule has 0 aliphatic heterocycles. The molecule has 0 atom stereocenters. The van der Waals surface area contributed by atoms with E-state index in [2.05, 4.69) is 4.98 Å². The second kappa shape index (κ2) is 6.73. The van der Waals surface area contributed by atoms with E-state index in [1.54, 1.807) is 6.20 Å². The summed E-state index contributed by atoms with van der Waals surface area (Å²) in [5, 5.41) is 0.804. The molecule has 1 heterocycles. The standard InChI is InChI=1S/C18H15F3N2S/c1-13-2-8-16(9-3-13)23-11-10-22-17(23)24-12-14-4-6-15(7-5-14)18(19,20)21/h2-11H,12H2,1H3. The van der Waals surface area contributed by atoms with E-state index in [0.717, 1.165) is 28.5 Å². The zero-order valence-electron chi connectivity index (χ0n) is 12.9. The topological polar surface area (TPSA) is 17.8 Å². The number of nitrogens with zero attached hydrogens (tertiary/aromatic N) is 2. The van der Waals surface area contributed by atoms with E-state index in [4.69, 9.17) is 0 Å². The zero-order chi connectivity index (χ0) is 17.2. The molecule has 2 nitrogen and oxygen atoms in total. The van der Waals surface area contributed by atoms with E-state index in [-0.39, 0.29) is 0 Å². The van der Waals surface area contributed by atoms with Gasteiger partial charge in [0.2, 0.25) is 0 Å². The third-order valence-corrected chi connectivity index (χ3v) is 4.61. The van der Waals surface area contributed by atoms with Crippen molar-refractivity contribution in [2.45, 2.75) is 24.0 Å². The molecule has 3 rings (SSSR count). The number of halogens is 3. The predicted octanol–water partition coefficient (Wildman–Crippen LogP) is 5.49. The Morgan fingerprint density at radius 3 is 2.29 bits per heavy atom. The molecule has 0 aliphatic rings. The third-order valence-electron chi connectivity index (χ3n) is 3.57. The molecule has 1 aromatic heterocycles. The van der Waals surface area contributed by atoms with E-state index in [9.17, 15) is 13.2 Å². The minimum Gasteiger partial charge on any atom is -0.295 e. The van der Waals surface area contributed by atoms with Gasteiger partial charge in [0.25, 0.3) is 0 Å². The lowest BCUT2D eigenvalue weighted by molar-refractivity contribution is -0.137. The van der Waals surface area contributed by atoms with Gasteiger partial charge < -0.3 is 0 Å². The molecule has 6 heteroatoms. The number of aryl methyl sites for hydroxylation is 1. The van der Waals surface area contributed by atoms with Gasteiger partial charge in [0.15, 0.2) is 5.16 Å². The van der Waals surface area contributed by atoms with Gasteiger partial charge in [-0.3, -0.25) is 4.57 Å². The van der Waals surface area contributed by atoms with Crippen LogP contribution in [-0.4, -0.2) is 9.55 Å². The van der Waals surface area contributed by atoms with Gasteiger partial charge in [0, 0.05) is 23.8 Å². The van der Waals surface area contributed by atoms with Crippen LogP contribution in [0.1, 0.15) is 16.7 Å². The second-order valence-electron chi connectivity index (χ2n) is 5.40. The first-order valence-corrected chi connectivity index (χ1v) is 8.31. The van der Waals surface area contributed by atoms with Crippen LogP contribution in [0.4, 0.5) is 13.2 Å². The van der Waals surface area contributed by atoms with Crippen molar-refractivity contribution in [3.8, 4) is 5.69 Å². The Labute approximate surface area is 142 Å². The Kier molecular flexibility index (Phi) is 4.66. The molecule has 0 amide bonds. The zero-order valence-corrected chi connectivity index (χ0v) is 13.7. The summed E-state index contributed by atoms with van der Waals surface area (Å²) in [5.41, 5.74) is 2.38. The fraction of sp³-hybridized carbons (Fsp3) is 0.167. The number of hydrogen-bond donors (Lipinski definition) is 0. The quantitative estimate of drug-likeness (QED) is 0.580. The number of aromatic nitrogens is 2. The number of alkyl halides is 3. The number of imidazole rings is 1. The highest BCUT2D eigenvalue weighted by Gasteiger charge is 2.29. The van der Waals surface area contributed by atoms with Crippen molar-refractivity contribution in [1.82, 2.24) is 9.55 Å². The second-order valence-corrected chi connectivity index (χ2v) is 6.34. The molecular formula is C18H15F3N2S. The molecule has 0 unspecified atom stereocenters. The Hall–Kier alpha value is -2.21. The van der Waals surface area contributed by atoms with Gasteiger partial charge in [-0.05, 0) is 36.8 Å². The maximum absolute atomic E-state index is 12.6. The van der Waals surface area contributed by atoms with Crippen molar-refractivity contribution in [3.63, 3.8) is 0 Å². The highest BCUT2D eigenvalue weighted by molar-refractivity contribution is 7.98. The van der Waals surface area contributed by atoms with Crippen LogP contribution in [0, 0.1) is 6.92 Å². The summed E-state index contributed by atoms with van der Waals surface area (Å²) < 4.78 is 39.7. The summed E-state index contributed by atoms with van der Waals surface area (Å²) in [5.74, 6) is 0.557. The maximum Gasteiger partial charge on any atom is 0.416 e. The van der Waals surface area contributed by atoms with Crippen LogP contribution in [0.5, 0.6) is 0 Å². The molecule has 0 N–H and O–H groups in total. The van der Waals surface area contributed by atoms with Gasteiger partial charge in [-0.25, -0.2) is 4.98 Å². The lowest BCUT2D eigenvalue weighted by atomic mass is 10.1. The monoisotopic (exact) mass is 348 g/mol. The Morgan fingerprint density at radius 1 is 1.00 bits per heavy atom. The minimum absolute atomic E-state index is 0.557. The number of thioether (sulfide) groups is 1. The Bertz CT molecular complexity index is 806. The van der Waals surface area contributed by atoms with Crippen LogP contribution in [-0.2, 0) is 11.9 Å². The van der Waals surface area contributed by atoms with E-state index < -0.39 is 11.7 Å². The molecule has 0 bridgehead atoms. The summed E-state index contributed by atoms with van der Waals surface area (Å²) in [6.45, 7) is 2.03. The lowest BCUT2D eigenvalue weighted by Gasteiger charge is -2.09. The van der Waals surface area contributed by atoms with Crippen molar-refractivity contribution in [2.24, 2.45) is 0 Å². The smallest absolute Gasteiger partial charge is 0.295 e. The first-order chi connectivity index (χ1) is 11.4. The first-order valence-electron chi connectivity index (χ1n) is 7.33. The third kappa shape index (κ3) is 3.82. The molecule has 0 spiro atoms. The summed E-state index contributed by atoms with van der Waals surface area (Å²) in [7, 11) is 0. The summed E-state index contributed by atoms with van der Waals surface area (Å²) in [6, 6.07) is 13.3. The molecule has 3 aromatic rings. The molecule has 2 aromatic carbocycles. The van der Waals surface area contributed by atoms with Gasteiger partial charge >= 0.3 is 6.18 Å². The van der Waals surface area contributed by atoms with Crippen LogP contribution in [0.2, 0.25) is 0 Å². The first kappa shape index (κ1) is 16.6. The largest absolute Gasteiger partial charge is 0.416 e. The molecule has 0 aliphatic carbocycles. The fourth-order valence-electron chi connectivity index (χ4n) is 2.24. The van der Waals surface area contributed by atoms with Gasteiger partial charge in [-0.15, -0.1) is 0 Å². The van der Waals surface area contributed by atoms with Crippen molar-refractivity contribution in [3.05, 3.63) is 77.6 Å². The lowest BCUT2D eigenvalue weighted by Crippen LogP contribution is -2.04. The molecule has 124 valence electrons. The van der Waals surface area contributed by atoms with Crippen molar-refractivity contribution < 1.29 is 13.2 Å². The average Bonchev–Trinajstić information content (AvgIpc) is 3.02. The van der Waals surface area contributed by atoms with Gasteiger partial charge in [0.1, 0.15) is 0 Å². The highest BCUT2D eigenvalue weighted by Crippen LogP contribution is 2.30. The normalized spacial score (nSPS) is 11.7. The van der Waals surface area contributed by atoms with Crippen molar-refractivity contribution in [2.75, 3.05) is 0 Å². The van der Waals surface area contributed by atoms with Crippen molar-refractivity contribution in [1.29, 1.82) is 0 Å². The summed E-state index contributed by atoms with van der Waals surface area (Å²) in [4.78, 5) is 4.33. The minimum atomic E-state index is -4.30. The number of rotatable bonds is 4. The van der Waals surface area contributed by atoms with Gasteiger partial charge in [-0.2, -0.15) is 13.2 Å². The predicted molar refractivity (Wildman–Crippen MR) is 89.3 cm³/mol. The van der Waals surface area contributed by atoms with E-state index >= 15 is 0 Å². The van der Waals surface area contributed by atoms with Crippen LogP contribution in [0.3, 0.4) is 0 Å². The van der Waals surface area contributed by atoms with E-state index in [0.29, 0.717) is 5.75 Å². The maximum atomic E-state index is 12.6. The van der Waals surface area contributed by atoms with Crippen LogP contribution >= 0.6 is 11.8 Å². The average molecular weight is 348 g/mol. The molecule has 0 saturated heterocycles. The Balaban J connectivity index is 1.72. The van der Waals surface area contributed by atoms with Gasteiger partial charge in [-0.1, -0.05) is 41.6 Å². The summed E-state index contributed by atoms with van der Waals surface area (Å²) >= 11 is 1.49. The van der Waals surface area contributed by atoms with Crippen LogP contribution in [0.25, 0.3) is 5.69 Å². The van der Waals surface area contributed by atoms with E-state index in [1.165, 1.54) is 29.5 Å². The molecule has 0 saturated carbocycles. The fourth-order valence-corrected chi connectivity index (χ4v) is 3.17. The number of hydrogen-bond acceptors (Lipinski definition) is 2. The van der Waals surface area contributed by atoms with Crippen LogP contribution in [0.15, 0.2) is 66.1 Å². The molecular weight excluding hydrogens is 333 g/mol. The van der Waals surface area contributed by atoms with Gasteiger partial charge in [0.05, 0.1) is 5.56 Å². The summed E-state index contributed by atoms with van der Waals surface area (Å²) in [6.07, 6.45) is -0.706. The number of benzene rings is 2. The molecule has 24 heavy (non-hydrogen) atoms. The van der Waals surface area contributed by atoms with Crippen LogP contribution < -0.4 is 0 Å². The Morgan fingerprint density at radius 2 is 1.67 bits per heavy atom. The molecule has 0 fully saturated rings. The highest BCUT2D eigenvalue weighted by atomic mass is 32.2.